The summed E-state index contributed by atoms with van der Waals surface area (Å²) in [6.45, 7) is 0.226. The van der Waals surface area contributed by atoms with Crippen LogP contribution in [0.3, 0.4) is 0 Å². The molecule has 3 heterocycles. The van der Waals surface area contributed by atoms with E-state index in [1.165, 1.54) is 0 Å². The first-order valence-electron chi connectivity index (χ1n) is 9.08. The van der Waals surface area contributed by atoms with Gasteiger partial charge in [0.05, 0.1) is 6.61 Å². The number of aromatic hydroxyl groups is 2. The molecule has 5 rings (SSSR count). The Bertz CT molecular complexity index is 823. The number of rotatable bonds is 2. The molecular weight excluding hydrogens is 368 g/mol. The first-order chi connectivity index (χ1) is 13.6. The van der Waals surface area contributed by atoms with E-state index in [1.807, 2.05) is 0 Å². The SMILES string of the molecule is Oc1ccc(C2OCC3OC(O)C4OC(c5ccc(O)cc5)OC4C3O2)cc1. The standard InChI is InChI=1S/C20H20O8/c21-12-5-1-10(2-6-12)19-24-9-14-15(26-19)16-17(18(23)25-14)28-20(27-16)11-3-7-13(22)8-4-11/h1-8,14-23H,9H2. The maximum Gasteiger partial charge on any atom is 0.185 e. The second kappa shape index (κ2) is 7.00. The summed E-state index contributed by atoms with van der Waals surface area (Å²) < 4.78 is 29.4. The number of benzene rings is 2. The van der Waals surface area contributed by atoms with Crippen LogP contribution in [-0.2, 0) is 23.7 Å². The van der Waals surface area contributed by atoms with Gasteiger partial charge in [0.25, 0.3) is 0 Å². The first-order valence-corrected chi connectivity index (χ1v) is 9.08. The highest BCUT2D eigenvalue weighted by Gasteiger charge is 2.55. The van der Waals surface area contributed by atoms with Gasteiger partial charge < -0.3 is 39.0 Å². The number of aliphatic hydroxyl groups excluding tert-OH is 1. The molecule has 7 unspecified atom stereocenters. The summed E-state index contributed by atoms with van der Waals surface area (Å²) in [5.41, 5.74) is 1.48. The van der Waals surface area contributed by atoms with Crippen LogP contribution in [0.25, 0.3) is 0 Å². The van der Waals surface area contributed by atoms with Crippen LogP contribution in [-0.4, -0.2) is 52.6 Å². The summed E-state index contributed by atoms with van der Waals surface area (Å²) >= 11 is 0. The molecule has 0 spiro atoms. The molecule has 148 valence electrons. The molecule has 3 saturated heterocycles. The molecule has 8 heteroatoms. The van der Waals surface area contributed by atoms with Crippen molar-refractivity contribution in [3.8, 4) is 11.5 Å². The fourth-order valence-electron chi connectivity index (χ4n) is 3.77. The van der Waals surface area contributed by atoms with Crippen LogP contribution in [0.4, 0.5) is 0 Å². The second-order valence-corrected chi connectivity index (χ2v) is 7.05. The van der Waals surface area contributed by atoms with Gasteiger partial charge in [0.15, 0.2) is 18.9 Å². The van der Waals surface area contributed by atoms with Gasteiger partial charge in [0.1, 0.15) is 35.9 Å². The van der Waals surface area contributed by atoms with E-state index in [-0.39, 0.29) is 18.1 Å². The number of hydrogen-bond donors (Lipinski definition) is 3. The van der Waals surface area contributed by atoms with Crippen molar-refractivity contribution in [1.82, 2.24) is 0 Å². The molecule has 3 aliphatic rings. The molecule has 2 aromatic rings. The number of hydrogen-bond acceptors (Lipinski definition) is 8. The monoisotopic (exact) mass is 388 g/mol. The summed E-state index contributed by atoms with van der Waals surface area (Å²) in [6.07, 6.45) is -4.75. The van der Waals surface area contributed by atoms with E-state index < -0.39 is 43.3 Å². The molecule has 0 aromatic heterocycles. The summed E-state index contributed by atoms with van der Waals surface area (Å²) in [5, 5.41) is 29.3. The molecule has 3 fully saturated rings. The Morgan fingerprint density at radius 2 is 1.18 bits per heavy atom. The first kappa shape index (κ1) is 17.9. The molecule has 0 aliphatic carbocycles. The highest BCUT2D eigenvalue weighted by Crippen LogP contribution is 2.43. The fourth-order valence-corrected chi connectivity index (χ4v) is 3.77. The second-order valence-electron chi connectivity index (χ2n) is 7.05. The van der Waals surface area contributed by atoms with Crippen LogP contribution >= 0.6 is 0 Å². The minimum atomic E-state index is -1.16. The molecule has 2 aromatic carbocycles. The van der Waals surface area contributed by atoms with E-state index in [0.29, 0.717) is 0 Å². The summed E-state index contributed by atoms with van der Waals surface area (Å²) in [6, 6.07) is 13.1. The molecular formula is C20H20O8. The van der Waals surface area contributed by atoms with Crippen molar-refractivity contribution in [1.29, 1.82) is 0 Å². The molecule has 3 aliphatic heterocycles. The summed E-state index contributed by atoms with van der Waals surface area (Å²) in [4.78, 5) is 0. The minimum Gasteiger partial charge on any atom is -0.508 e. The van der Waals surface area contributed by atoms with Crippen LogP contribution in [0, 0.1) is 0 Å². The highest BCUT2D eigenvalue weighted by atomic mass is 16.8. The third-order valence-corrected chi connectivity index (χ3v) is 5.19. The van der Waals surface area contributed by atoms with Crippen molar-refractivity contribution in [3.05, 3.63) is 59.7 Å². The van der Waals surface area contributed by atoms with Gasteiger partial charge in [-0.3, -0.25) is 0 Å². The molecule has 0 radical (unpaired) electrons. The van der Waals surface area contributed by atoms with Gasteiger partial charge in [-0.15, -0.1) is 0 Å². The Hall–Kier alpha value is -2.20. The van der Waals surface area contributed by atoms with Gasteiger partial charge in [-0.25, -0.2) is 0 Å². The lowest BCUT2D eigenvalue weighted by molar-refractivity contribution is -0.340. The average Bonchev–Trinajstić information content (AvgIpc) is 3.15. The van der Waals surface area contributed by atoms with E-state index in [2.05, 4.69) is 0 Å². The maximum atomic E-state index is 10.3. The molecule has 0 bridgehead atoms. The van der Waals surface area contributed by atoms with Gasteiger partial charge in [-0.2, -0.15) is 0 Å². The van der Waals surface area contributed by atoms with Crippen LogP contribution in [0.1, 0.15) is 23.7 Å². The molecule has 0 saturated carbocycles. The van der Waals surface area contributed by atoms with Gasteiger partial charge in [0, 0.05) is 11.1 Å². The Kier molecular flexibility index (Phi) is 4.47. The van der Waals surface area contributed by atoms with E-state index in [4.69, 9.17) is 23.7 Å². The predicted molar refractivity (Wildman–Crippen MR) is 93.1 cm³/mol. The average molecular weight is 388 g/mol. The topological polar surface area (TPSA) is 107 Å². The number of aliphatic hydroxyl groups is 1. The zero-order valence-corrected chi connectivity index (χ0v) is 14.8. The van der Waals surface area contributed by atoms with E-state index >= 15 is 0 Å². The van der Waals surface area contributed by atoms with Crippen molar-refractivity contribution in [2.45, 2.75) is 43.3 Å². The van der Waals surface area contributed by atoms with Crippen LogP contribution in [0.15, 0.2) is 48.5 Å². The fraction of sp³-hybridized carbons (Fsp3) is 0.400. The molecule has 3 N–H and O–H groups in total. The van der Waals surface area contributed by atoms with Crippen molar-refractivity contribution < 1.29 is 39.0 Å². The van der Waals surface area contributed by atoms with Gasteiger partial charge in [-0.05, 0) is 24.3 Å². The minimum absolute atomic E-state index is 0.145. The quantitative estimate of drug-likeness (QED) is 0.714. The lowest BCUT2D eigenvalue weighted by atomic mass is 9.98. The summed E-state index contributed by atoms with van der Waals surface area (Å²) in [7, 11) is 0. The lowest BCUT2D eigenvalue weighted by Gasteiger charge is -2.44. The normalized spacial score (nSPS) is 37.2. The zero-order valence-electron chi connectivity index (χ0n) is 14.8. The molecule has 0 amide bonds. The Morgan fingerprint density at radius 1 is 0.643 bits per heavy atom. The number of fused-ring (bicyclic) bond motifs is 3. The third-order valence-electron chi connectivity index (χ3n) is 5.19. The predicted octanol–water partition coefficient (Wildman–Crippen LogP) is 1.71. The van der Waals surface area contributed by atoms with Crippen molar-refractivity contribution in [2.75, 3.05) is 6.61 Å². The van der Waals surface area contributed by atoms with E-state index in [9.17, 15) is 15.3 Å². The van der Waals surface area contributed by atoms with Crippen LogP contribution in [0.5, 0.6) is 11.5 Å². The molecule has 28 heavy (non-hydrogen) atoms. The largest absolute Gasteiger partial charge is 0.508 e. The van der Waals surface area contributed by atoms with E-state index in [1.54, 1.807) is 48.5 Å². The Morgan fingerprint density at radius 3 is 1.82 bits per heavy atom. The van der Waals surface area contributed by atoms with Gasteiger partial charge >= 0.3 is 0 Å². The van der Waals surface area contributed by atoms with Crippen molar-refractivity contribution in [3.63, 3.8) is 0 Å². The smallest absolute Gasteiger partial charge is 0.185 e. The Labute approximate surface area is 160 Å². The lowest BCUT2D eigenvalue weighted by Crippen LogP contribution is -2.60. The number of phenolic OH excluding ortho intramolecular Hbond substituents is 2. The number of ether oxygens (including phenoxy) is 5. The Balaban J connectivity index is 1.36. The zero-order chi connectivity index (χ0) is 19.3. The van der Waals surface area contributed by atoms with Crippen molar-refractivity contribution in [2.24, 2.45) is 0 Å². The third kappa shape index (κ3) is 3.14. The van der Waals surface area contributed by atoms with Gasteiger partial charge in [0.2, 0.25) is 0 Å². The summed E-state index contributed by atoms with van der Waals surface area (Å²) in [5.74, 6) is 0.304. The molecule has 8 nitrogen and oxygen atoms in total. The maximum absolute atomic E-state index is 10.3. The van der Waals surface area contributed by atoms with Crippen molar-refractivity contribution >= 4 is 0 Å². The molecule has 7 atom stereocenters. The van der Waals surface area contributed by atoms with Crippen LogP contribution in [0.2, 0.25) is 0 Å². The number of phenols is 2. The van der Waals surface area contributed by atoms with Crippen LogP contribution < -0.4 is 0 Å². The van der Waals surface area contributed by atoms with Gasteiger partial charge in [-0.1, -0.05) is 24.3 Å². The highest BCUT2D eigenvalue weighted by molar-refractivity contribution is 5.28. The van der Waals surface area contributed by atoms with E-state index in [0.717, 1.165) is 11.1 Å².